The molecule has 1 unspecified atom stereocenters. The van der Waals surface area contributed by atoms with Crippen LogP contribution >= 0.6 is 0 Å². The molecular formula is C41H52N8O6. The second kappa shape index (κ2) is 17.2. The molecule has 14 nitrogen and oxygen atoms in total. The Kier molecular flexibility index (Phi) is 12.2. The number of benzene rings is 2. The van der Waals surface area contributed by atoms with Crippen LogP contribution in [0.3, 0.4) is 0 Å². The van der Waals surface area contributed by atoms with Crippen LogP contribution in [0.2, 0.25) is 0 Å². The van der Waals surface area contributed by atoms with Gasteiger partial charge in [0.2, 0.25) is 11.8 Å². The number of imidazole rings is 2. The molecule has 2 aliphatic heterocycles. The van der Waals surface area contributed by atoms with Crippen molar-refractivity contribution in [2.75, 3.05) is 27.3 Å². The summed E-state index contributed by atoms with van der Waals surface area (Å²) >= 11 is 0. The van der Waals surface area contributed by atoms with Gasteiger partial charge in [0.1, 0.15) is 23.7 Å². The summed E-state index contributed by atoms with van der Waals surface area (Å²) in [5.41, 5.74) is 5.79. The van der Waals surface area contributed by atoms with Crippen molar-refractivity contribution in [3.8, 4) is 11.3 Å². The van der Waals surface area contributed by atoms with Gasteiger partial charge in [-0.3, -0.25) is 9.59 Å². The number of rotatable bonds is 12. The van der Waals surface area contributed by atoms with E-state index in [2.05, 4.69) is 62.0 Å². The number of aromatic amines is 2. The highest BCUT2D eigenvalue weighted by atomic mass is 16.5. The fraction of sp³-hybridized carbons (Fsp3) is 0.463. The highest BCUT2D eigenvalue weighted by Crippen LogP contribution is 2.34. The highest BCUT2D eigenvalue weighted by molar-refractivity contribution is 5.87. The SMILES string of the molecule is COC(=O)N[C@H](C(=O)N1CCCC1c1ncc(-c2ccc(C=CCc3ccc4[nH]c([C@@H]5CCCN5C(=O)[C@@H](NC(=O)OC)C(C)C)nc4c3)cc2)[nH]1)C(C)C. The van der Waals surface area contributed by atoms with Crippen molar-refractivity contribution < 1.29 is 28.7 Å². The third kappa shape index (κ3) is 8.84. The summed E-state index contributed by atoms with van der Waals surface area (Å²) in [4.78, 5) is 71.0. The van der Waals surface area contributed by atoms with Gasteiger partial charge in [-0.1, -0.05) is 70.2 Å². The Balaban J connectivity index is 1.07. The van der Waals surface area contributed by atoms with Gasteiger partial charge < -0.3 is 39.9 Å². The summed E-state index contributed by atoms with van der Waals surface area (Å²) in [6, 6.07) is 12.7. The summed E-state index contributed by atoms with van der Waals surface area (Å²) in [7, 11) is 2.58. The van der Waals surface area contributed by atoms with E-state index >= 15 is 0 Å². The number of nitrogens with zero attached hydrogens (tertiary/aromatic N) is 4. The minimum atomic E-state index is -0.682. The summed E-state index contributed by atoms with van der Waals surface area (Å²) in [6.07, 6.45) is 8.79. The first kappa shape index (κ1) is 39.0. The molecule has 2 saturated heterocycles. The smallest absolute Gasteiger partial charge is 0.407 e. The molecule has 0 aliphatic carbocycles. The predicted molar refractivity (Wildman–Crippen MR) is 209 cm³/mol. The number of alkyl carbamates (subject to hydrolysis) is 2. The van der Waals surface area contributed by atoms with Crippen LogP contribution < -0.4 is 10.6 Å². The van der Waals surface area contributed by atoms with E-state index < -0.39 is 24.3 Å². The topological polar surface area (TPSA) is 175 Å². The number of H-pyrrole nitrogens is 2. The third-order valence-electron chi connectivity index (χ3n) is 10.5. The maximum absolute atomic E-state index is 13.5. The summed E-state index contributed by atoms with van der Waals surface area (Å²) in [6.45, 7) is 8.81. The normalized spacial score (nSPS) is 18.3. The number of carbonyl (C=O) groups is 4. The first-order valence-corrected chi connectivity index (χ1v) is 19.1. The number of likely N-dealkylation sites (tertiary alicyclic amines) is 2. The Morgan fingerprint density at radius 1 is 0.818 bits per heavy atom. The summed E-state index contributed by atoms with van der Waals surface area (Å²) in [5.74, 6) is 1.01. The van der Waals surface area contributed by atoms with Crippen LogP contribution in [-0.2, 0) is 25.5 Å². The van der Waals surface area contributed by atoms with Gasteiger partial charge in [0.25, 0.3) is 0 Å². The Morgan fingerprint density at radius 2 is 1.40 bits per heavy atom. The summed E-state index contributed by atoms with van der Waals surface area (Å²) in [5, 5.41) is 5.39. The van der Waals surface area contributed by atoms with Gasteiger partial charge in [-0.25, -0.2) is 19.6 Å². The number of methoxy groups -OCH3 is 2. The van der Waals surface area contributed by atoms with Gasteiger partial charge in [0, 0.05) is 13.1 Å². The Bertz CT molecular complexity index is 2020. The van der Waals surface area contributed by atoms with Gasteiger partial charge in [0.15, 0.2) is 0 Å². The van der Waals surface area contributed by atoms with Crippen molar-refractivity contribution in [3.63, 3.8) is 0 Å². The maximum atomic E-state index is 13.5. The van der Waals surface area contributed by atoms with Crippen LogP contribution in [0.4, 0.5) is 9.59 Å². The predicted octanol–water partition coefficient (Wildman–Crippen LogP) is 6.30. The second-order valence-electron chi connectivity index (χ2n) is 15.0. The molecule has 4 N–H and O–H groups in total. The van der Waals surface area contributed by atoms with Crippen LogP contribution in [0.25, 0.3) is 28.4 Å². The fourth-order valence-electron chi connectivity index (χ4n) is 7.50. The Morgan fingerprint density at radius 3 is 1.96 bits per heavy atom. The highest BCUT2D eigenvalue weighted by Gasteiger charge is 2.39. The van der Waals surface area contributed by atoms with Gasteiger partial charge in [0.05, 0.1) is 49.2 Å². The second-order valence-corrected chi connectivity index (χ2v) is 15.0. The number of amides is 4. The number of carbonyl (C=O) groups excluding carboxylic acids is 4. The Hall–Kier alpha value is -5.66. The largest absolute Gasteiger partial charge is 0.453 e. The molecule has 6 rings (SSSR count). The zero-order chi connectivity index (χ0) is 39.2. The molecule has 2 fully saturated rings. The van der Waals surface area contributed by atoms with E-state index in [1.165, 1.54) is 14.2 Å². The van der Waals surface area contributed by atoms with E-state index in [1.54, 1.807) is 6.20 Å². The molecule has 0 spiro atoms. The van der Waals surface area contributed by atoms with E-state index in [1.807, 2.05) is 55.7 Å². The lowest BCUT2D eigenvalue weighted by molar-refractivity contribution is -0.136. The lowest BCUT2D eigenvalue weighted by Gasteiger charge is -2.30. The van der Waals surface area contributed by atoms with Crippen LogP contribution in [0.5, 0.6) is 0 Å². The molecule has 4 heterocycles. The molecule has 4 amide bonds. The molecular weight excluding hydrogens is 701 g/mol. The van der Waals surface area contributed by atoms with E-state index in [-0.39, 0.29) is 35.7 Å². The zero-order valence-electron chi connectivity index (χ0n) is 32.4. The quantitative estimate of drug-likeness (QED) is 0.131. The molecule has 0 saturated carbocycles. The zero-order valence-corrected chi connectivity index (χ0v) is 32.4. The minimum absolute atomic E-state index is 0.0989. The van der Waals surface area contributed by atoms with Crippen molar-refractivity contribution in [1.29, 1.82) is 0 Å². The number of allylic oxidation sites excluding steroid dienone is 1. The number of aromatic nitrogens is 4. The first-order valence-electron chi connectivity index (χ1n) is 19.1. The number of nitrogens with one attached hydrogen (secondary N) is 4. The summed E-state index contributed by atoms with van der Waals surface area (Å²) < 4.78 is 9.51. The van der Waals surface area contributed by atoms with Crippen molar-refractivity contribution in [3.05, 3.63) is 77.5 Å². The van der Waals surface area contributed by atoms with Gasteiger partial charge in [-0.2, -0.15) is 0 Å². The monoisotopic (exact) mass is 752 g/mol. The van der Waals surface area contributed by atoms with Gasteiger partial charge in [-0.05, 0) is 72.8 Å². The first-order chi connectivity index (χ1) is 26.5. The molecule has 4 aromatic rings. The molecule has 2 aromatic heterocycles. The van der Waals surface area contributed by atoms with Crippen LogP contribution in [0.1, 0.15) is 88.2 Å². The van der Waals surface area contributed by atoms with Crippen LogP contribution in [0, 0.1) is 11.8 Å². The molecule has 0 bridgehead atoms. The lowest BCUT2D eigenvalue weighted by atomic mass is 10.0. The molecule has 4 atom stereocenters. The average Bonchev–Trinajstić information content (AvgIpc) is 4.01. The maximum Gasteiger partial charge on any atom is 0.407 e. The van der Waals surface area contributed by atoms with Gasteiger partial charge in [-0.15, -0.1) is 0 Å². The fourth-order valence-corrected chi connectivity index (χ4v) is 7.50. The number of ether oxygens (including phenoxy) is 2. The van der Waals surface area contributed by atoms with Crippen molar-refractivity contribution >= 4 is 41.1 Å². The molecule has 2 aliphatic rings. The van der Waals surface area contributed by atoms with Crippen LogP contribution in [0.15, 0.2) is 54.7 Å². The van der Waals surface area contributed by atoms with E-state index in [0.717, 1.165) is 77.2 Å². The van der Waals surface area contributed by atoms with Crippen molar-refractivity contribution in [2.24, 2.45) is 11.8 Å². The number of fused-ring (bicyclic) bond motifs is 1. The van der Waals surface area contributed by atoms with E-state index in [4.69, 9.17) is 14.5 Å². The molecule has 14 heteroatoms. The average molecular weight is 753 g/mol. The molecule has 292 valence electrons. The van der Waals surface area contributed by atoms with E-state index in [0.29, 0.717) is 13.1 Å². The molecule has 0 radical (unpaired) electrons. The van der Waals surface area contributed by atoms with Crippen molar-refractivity contribution in [1.82, 2.24) is 40.4 Å². The van der Waals surface area contributed by atoms with E-state index in [9.17, 15) is 19.2 Å². The lowest BCUT2D eigenvalue weighted by Crippen LogP contribution is -2.51. The van der Waals surface area contributed by atoms with Crippen molar-refractivity contribution in [2.45, 2.75) is 84.0 Å². The number of hydrogen-bond acceptors (Lipinski definition) is 8. The third-order valence-corrected chi connectivity index (χ3v) is 10.5. The minimum Gasteiger partial charge on any atom is -0.453 e. The Labute approximate surface area is 321 Å². The molecule has 55 heavy (non-hydrogen) atoms. The van der Waals surface area contributed by atoms with Crippen LogP contribution in [-0.4, -0.2) is 93.1 Å². The van der Waals surface area contributed by atoms with Gasteiger partial charge >= 0.3 is 12.2 Å². The standard InChI is InChI=1S/C41H52N8O6/c1-24(2)34(46-40(52)54-5)38(50)48-20-8-12-32(48)36-42-23-31(45-36)28-17-14-26(15-18-28)10-7-11-27-16-19-29-30(22-27)44-37(43-29)33-13-9-21-49(33)39(51)35(25(3)4)47-41(53)55-6/h7,10,14-19,22-25,32-35H,8-9,11-13,20-21H2,1-6H3,(H,42,45)(H,43,44)(H,46,52)(H,47,53)/t32?,33-,34-,35-/m0/s1. The molecule has 2 aromatic carbocycles. The number of hydrogen-bond donors (Lipinski definition) is 4.